The molecular formula is C37H40N4O8S. The fourth-order valence-corrected chi connectivity index (χ4v) is 6.23. The topological polar surface area (TPSA) is 164 Å². The number of hydrogen-bond acceptors (Lipinski definition) is 8. The number of carboxylic acid groups (broad SMARTS) is 1. The van der Waals surface area contributed by atoms with E-state index >= 15 is 0 Å². The van der Waals surface area contributed by atoms with Crippen LogP contribution in [0.4, 0.5) is 9.59 Å². The van der Waals surface area contributed by atoms with Gasteiger partial charge in [0.1, 0.15) is 12.6 Å². The number of carboxylic acids is 1. The highest BCUT2D eigenvalue weighted by atomic mass is 32.1. The molecule has 1 aliphatic heterocycles. The monoisotopic (exact) mass is 700 g/mol. The van der Waals surface area contributed by atoms with Gasteiger partial charge in [-0.15, -0.1) is 11.3 Å². The third-order valence-corrected chi connectivity index (χ3v) is 8.98. The molecule has 1 aliphatic rings. The smallest absolute Gasteiger partial charge is 0.407 e. The lowest BCUT2D eigenvalue weighted by Gasteiger charge is -2.25. The molecule has 0 spiro atoms. The lowest BCUT2D eigenvalue weighted by atomic mass is 10.0. The van der Waals surface area contributed by atoms with E-state index in [1.165, 1.54) is 11.3 Å². The van der Waals surface area contributed by atoms with Gasteiger partial charge in [-0.3, -0.25) is 9.59 Å². The van der Waals surface area contributed by atoms with Gasteiger partial charge in [-0.1, -0.05) is 72.8 Å². The molecule has 1 unspecified atom stereocenters. The number of urea groups is 1. The van der Waals surface area contributed by atoms with Gasteiger partial charge in [0.15, 0.2) is 11.5 Å². The first-order valence-corrected chi connectivity index (χ1v) is 17.2. The Hall–Kier alpha value is -5.56. The van der Waals surface area contributed by atoms with Crippen molar-refractivity contribution >= 4 is 35.3 Å². The van der Waals surface area contributed by atoms with Crippen LogP contribution in [0.2, 0.25) is 0 Å². The minimum atomic E-state index is -1.11. The van der Waals surface area contributed by atoms with E-state index in [-0.39, 0.29) is 31.8 Å². The maximum absolute atomic E-state index is 13.9. The molecule has 0 bridgehead atoms. The number of alkyl carbamates (subject to hydrolysis) is 1. The van der Waals surface area contributed by atoms with Gasteiger partial charge in [-0.2, -0.15) is 0 Å². The molecular weight excluding hydrogens is 660 g/mol. The van der Waals surface area contributed by atoms with Gasteiger partial charge in [0.25, 0.3) is 0 Å². The number of unbranched alkanes of at least 4 members (excludes halogenated alkanes) is 1. The van der Waals surface area contributed by atoms with Crippen LogP contribution in [-0.4, -0.2) is 48.5 Å². The number of rotatable bonds is 17. The SMILES string of the molecule is O=C(O)C[C@H](NC(=O)N[C@@H](CCCCNC(=O)OCc1ccccc1)C(=O)NC(Cc1ccccc1)c1cccs1)c1ccc2c(c1)OCO2. The van der Waals surface area contributed by atoms with Crippen molar-refractivity contribution in [3.05, 3.63) is 118 Å². The summed E-state index contributed by atoms with van der Waals surface area (Å²) in [4.78, 5) is 52.2. The number of benzene rings is 3. The van der Waals surface area contributed by atoms with E-state index in [0.717, 1.165) is 16.0 Å². The van der Waals surface area contributed by atoms with E-state index in [1.807, 2.05) is 78.2 Å². The first-order chi connectivity index (χ1) is 24.3. The van der Waals surface area contributed by atoms with E-state index in [2.05, 4.69) is 21.3 Å². The molecule has 0 saturated carbocycles. The zero-order valence-corrected chi connectivity index (χ0v) is 28.2. The number of carbonyl (C=O) groups is 4. The number of amides is 4. The van der Waals surface area contributed by atoms with Crippen molar-refractivity contribution in [3.8, 4) is 11.5 Å². The first kappa shape index (κ1) is 35.7. The average Bonchev–Trinajstić information content (AvgIpc) is 3.83. The summed E-state index contributed by atoms with van der Waals surface area (Å²) in [6, 6.07) is 25.1. The summed E-state index contributed by atoms with van der Waals surface area (Å²) in [5, 5.41) is 22.9. The molecule has 2 heterocycles. The van der Waals surface area contributed by atoms with Crippen LogP contribution in [0.5, 0.6) is 11.5 Å². The zero-order chi connectivity index (χ0) is 35.1. The van der Waals surface area contributed by atoms with Gasteiger partial charge in [0.2, 0.25) is 12.7 Å². The Kier molecular flexibility index (Phi) is 13.1. The Labute approximate surface area is 294 Å². The van der Waals surface area contributed by atoms with Gasteiger partial charge in [-0.05, 0) is 66.0 Å². The summed E-state index contributed by atoms with van der Waals surface area (Å²) in [5.74, 6) is -0.522. The maximum Gasteiger partial charge on any atom is 0.407 e. The highest BCUT2D eigenvalue weighted by Gasteiger charge is 2.27. The van der Waals surface area contributed by atoms with Gasteiger partial charge in [0, 0.05) is 11.4 Å². The standard InChI is InChI=1S/C37H40N4O8S/c42-34(43)22-29(27-16-17-31-32(21-27)49-24-48-31)41-36(45)40-28(14-7-8-18-38-37(46)47-23-26-12-5-2-6-13-26)35(44)39-30(33-15-9-19-50-33)20-25-10-3-1-4-11-25/h1-6,9-13,15-17,19,21,28-30H,7-8,14,18,20,22-24H2,(H,38,46)(H,39,44)(H,42,43)(H2,40,41,45)/t28-,29-,30?/m0/s1. The quantitative estimate of drug-likeness (QED) is 0.0856. The fraction of sp³-hybridized carbons (Fsp3) is 0.297. The molecule has 3 atom stereocenters. The Morgan fingerprint density at radius 1 is 0.800 bits per heavy atom. The third kappa shape index (κ3) is 11.0. The van der Waals surface area contributed by atoms with Crippen LogP contribution in [0.25, 0.3) is 0 Å². The molecule has 13 heteroatoms. The molecule has 50 heavy (non-hydrogen) atoms. The first-order valence-electron chi connectivity index (χ1n) is 16.3. The molecule has 4 aromatic rings. The predicted octanol–water partition coefficient (Wildman–Crippen LogP) is 5.86. The van der Waals surface area contributed by atoms with E-state index in [4.69, 9.17) is 14.2 Å². The van der Waals surface area contributed by atoms with Crippen LogP contribution in [0.15, 0.2) is 96.4 Å². The van der Waals surface area contributed by atoms with E-state index < -0.39 is 36.6 Å². The summed E-state index contributed by atoms with van der Waals surface area (Å²) >= 11 is 1.53. The Morgan fingerprint density at radius 3 is 2.26 bits per heavy atom. The molecule has 5 N–H and O–H groups in total. The van der Waals surface area contributed by atoms with Crippen molar-refractivity contribution in [3.63, 3.8) is 0 Å². The molecule has 12 nitrogen and oxygen atoms in total. The summed E-state index contributed by atoms with van der Waals surface area (Å²) in [5.41, 5.74) is 2.43. The van der Waals surface area contributed by atoms with E-state index in [1.54, 1.807) is 18.2 Å². The van der Waals surface area contributed by atoms with E-state index in [9.17, 15) is 24.3 Å². The molecule has 3 aromatic carbocycles. The molecule has 5 rings (SSSR count). The number of carbonyl (C=O) groups excluding carboxylic acids is 3. The van der Waals surface area contributed by atoms with Gasteiger partial charge in [-0.25, -0.2) is 9.59 Å². The number of ether oxygens (including phenoxy) is 3. The van der Waals surface area contributed by atoms with Crippen molar-refractivity contribution < 1.29 is 38.5 Å². The van der Waals surface area contributed by atoms with E-state index in [0.29, 0.717) is 42.9 Å². The van der Waals surface area contributed by atoms with Crippen molar-refractivity contribution in [1.82, 2.24) is 21.3 Å². The summed E-state index contributed by atoms with van der Waals surface area (Å²) in [6.07, 6.45) is 0.869. The highest BCUT2D eigenvalue weighted by Crippen LogP contribution is 2.35. The van der Waals surface area contributed by atoms with Crippen LogP contribution in [0, 0.1) is 0 Å². The molecule has 0 aliphatic carbocycles. The normalized spacial score (nSPS) is 13.4. The van der Waals surface area contributed by atoms with Gasteiger partial charge < -0.3 is 40.6 Å². The number of nitrogens with one attached hydrogen (secondary N) is 4. The molecule has 0 radical (unpaired) electrons. The Balaban J connectivity index is 1.22. The Morgan fingerprint density at radius 2 is 1.54 bits per heavy atom. The number of aliphatic carboxylic acids is 1. The van der Waals surface area contributed by atoms with Crippen molar-refractivity contribution in [2.45, 2.75) is 56.8 Å². The van der Waals surface area contributed by atoms with Crippen molar-refractivity contribution in [1.29, 1.82) is 0 Å². The molecule has 1 aromatic heterocycles. The summed E-state index contributed by atoms with van der Waals surface area (Å²) < 4.78 is 16.1. The molecule has 4 amide bonds. The number of fused-ring (bicyclic) bond motifs is 1. The molecule has 262 valence electrons. The summed E-state index contributed by atoms with van der Waals surface area (Å²) in [7, 11) is 0. The summed E-state index contributed by atoms with van der Waals surface area (Å²) in [6.45, 7) is 0.510. The Bertz CT molecular complexity index is 1710. The minimum Gasteiger partial charge on any atom is -0.481 e. The second-order valence-electron chi connectivity index (χ2n) is 11.7. The van der Waals surface area contributed by atoms with Gasteiger partial charge >= 0.3 is 18.1 Å². The molecule has 0 fully saturated rings. The lowest BCUT2D eigenvalue weighted by Crippen LogP contribution is -2.51. The van der Waals surface area contributed by atoms with Crippen molar-refractivity contribution in [2.75, 3.05) is 13.3 Å². The van der Waals surface area contributed by atoms with Crippen LogP contribution in [0.3, 0.4) is 0 Å². The highest BCUT2D eigenvalue weighted by molar-refractivity contribution is 7.10. The minimum absolute atomic E-state index is 0.0498. The van der Waals surface area contributed by atoms with Gasteiger partial charge in [0.05, 0.1) is 18.5 Å². The average molecular weight is 701 g/mol. The molecule has 0 saturated heterocycles. The number of hydrogen-bond donors (Lipinski definition) is 5. The third-order valence-electron chi connectivity index (χ3n) is 7.99. The lowest BCUT2D eigenvalue weighted by molar-refractivity contribution is -0.137. The fourth-order valence-electron chi connectivity index (χ4n) is 5.46. The van der Waals surface area contributed by atoms with Crippen LogP contribution >= 0.6 is 11.3 Å². The predicted molar refractivity (Wildman–Crippen MR) is 187 cm³/mol. The van der Waals surface area contributed by atoms with Crippen LogP contribution in [0.1, 0.15) is 59.3 Å². The largest absolute Gasteiger partial charge is 0.481 e. The van der Waals surface area contributed by atoms with Crippen LogP contribution in [-0.2, 0) is 27.4 Å². The maximum atomic E-state index is 13.9. The number of thiophene rings is 1. The zero-order valence-electron chi connectivity index (χ0n) is 27.3. The van der Waals surface area contributed by atoms with Crippen LogP contribution < -0.4 is 30.7 Å². The van der Waals surface area contributed by atoms with Crippen molar-refractivity contribution in [2.24, 2.45) is 0 Å². The second-order valence-corrected chi connectivity index (χ2v) is 12.7. The second kappa shape index (κ2) is 18.3.